The number of hydrogen-bond acceptors (Lipinski definition) is 4. The van der Waals surface area contributed by atoms with Gasteiger partial charge in [-0.05, 0) is 6.42 Å². The van der Waals surface area contributed by atoms with Crippen LogP contribution in [0.5, 0.6) is 0 Å². The number of rotatable bonds is 6. The number of aliphatic hydroxyl groups excluding tert-OH is 1. The van der Waals surface area contributed by atoms with Crippen LogP contribution >= 0.6 is 11.8 Å². The van der Waals surface area contributed by atoms with Gasteiger partial charge in [0, 0.05) is 17.6 Å². The minimum Gasteiger partial charge on any atom is -0.396 e. The monoisotopic (exact) mass is 192 g/mol. The summed E-state index contributed by atoms with van der Waals surface area (Å²) in [4.78, 5) is 10.5. The average Bonchev–Trinajstić information content (AvgIpc) is 2.00. The molecule has 1 amide bonds. The smallest absolute Gasteiger partial charge is 0.235 e. The molecule has 0 aromatic heterocycles. The van der Waals surface area contributed by atoms with Gasteiger partial charge in [0.2, 0.25) is 5.91 Å². The highest BCUT2D eigenvalue weighted by molar-refractivity contribution is 7.99. The van der Waals surface area contributed by atoms with Gasteiger partial charge in [-0.1, -0.05) is 6.92 Å². The van der Waals surface area contributed by atoms with Crippen LogP contribution in [0.2, 0.25) is 0 Å². The van der Waals surface area contributed by atoms with Crippen LogP contribution in [0.15, 0.2) is 0 Å². The molecule has 0 aliphatic carbocycles. The Bertz CT molecular complexity index is 143. The van der Waals surface area contributed by atoms with Crippen molar-refractivity contribution < 1.29 is 9.90 Å². The van der Waals surface area contributed by atoms with Crippen LogP contribution in [0.25, 0.3) is 0 Å². The van der Waals surface area contributed by atoms with E-state index in [4.69, 9.17) is 16.6 Å². The number of hydrogen-bond donors (Lipinski definition) is 3. The number of amides is 1. The highest BCUT2D eigenvalue weighted by Crippen LogP contribution is 2.13. The molecule has 0 aliphatic heterocycles. The van der Waals surface area contributed by atoms with E-state index in [-0.39, 0.29) is 6.61 Å². The summed E-state index contributed by atoms with van der Waals surface area (Å²) in [6, 6.07) is -0.573. The predicted molar refractivity (Wildman–Crippen MR) is 50.8 cm³/mol. The van der Waals surface area contributed by atoms with Crippen molar-refractivity contribution in [3.8, 4) is 0 Å². The molecule has 0 aromatic carbocycles. The molecule has 2 atom stereocenters. The molecule has 0 saturated carbocycles. The van der Waals surface area contributed by atoms with E-state index in [1.54, 1.807) is 11.8 Å². The lowest BCUT2D eigenvalue weighted by molar-refractivity contribution is -0.118. The van der Waals surface area contributed by atoms with E-state index in [1.165, 1.54) is 0 Å². The average molecular weight is 192 g/mol. The van der Waals surface area contributed by atoms with Crippen LogP contribution in [-0.4, -0.2) is 34.7 Å². The second-order valence-electron chi connectivity index (χ2n) is 2.67. The molecule has 0 bridgehead atoms. The molecule has 12 heavy (non-hydrogen) atoms. The molecule has 0 aliphatic rings. The van der Waals surface area contributed by atoms with E-state index in [0.29, 0.717) is 11.0 Å². The standard InChI is InChI=1S/C7H16N2O2S/c1-5(2-3-10)12-4-6(8)7(9)11/h5-6,10H,2-4,8H2,1H3,(H2,9,11). The zero-order valence-corrected chi connectivity index (χ0v) is 8.01. The third kappa shape index (κ3) is 5.40. The lowest BCUT2D eigenvalue weighted by Crippen LogP contribution is -2.38. The number of thioether (sulfide) groups is 1. The highest BCUT2D eigenvalue weighted by Gasteiger charge is 2.11. The van der Waals surface area contributed by atoms with Crippen molar-refractivity contribution >= 4 is 17.7 Å². The Balaban J connectivity index is 3.46. The van der Waals surface area contributed by atoms with Gasteiger partial charge in [0.15, 0.2) is 0 Å². The summed E-state index contributed by atoms with van der Waals surface area (Å²) >= 11 is 1.55. The van der Waals surface area contributed by atoms with Gasteiger partial charge in [-0.2, -0.15) is 11.8 Å². The molecule has 0 heterocycles. The van der Waals surface area contributed by atoms with E-state index >= 15 is 0 Å². The van der Waals surface area contributed by atoms with Gasteiger partial charge in [0.1, 0.15) is 0 Å². The second kappa shape index (κ2) is 6.28. The van der Waals surface area contributed by atoms with Crippen LogP contribution in [0.4, 0.5) is 0 Å². The first-order valence-corrected chi connectivity index (χ1v) is 4.90. The topological polar surface area (TPSA) is 89.3 Å². The maximum atomic E-state index is 10.5. The molecule has 0 aromatic rings. The Labute approximate surface area is 76.7 Å². The Morgan fingerprint density at radius 3 is 2.67 bits per heavy atom. The fraction of sp³-hybridized carbons (Fsp3) is 0.857. The Hall–Kier alpha value is -0.260. The number of carbonyl (C=O) groups excluding carboxylic acids is 1. The van der Waals surface area contributed by atoms with Crippen LogP contribution in [-0.2, 0) is 4.79 Å². The van der Waals surface area contributed by atoms with E-state index in [9.17, 15) is 4.79 Å². The molecule has 5 heteroatoms. The van der Waals surface area contributed by atoms with Crippen molar-refractivity contribution in [2.24, 2.45) is 11.5 Å². The predicted octanol–water partition coefficient (Wildman–Crippen LogP) is -0.697. The minimum atomic E-state index is -0.573. The third-order valence-electron chi connectivity index (χ3n) is 1.46. The van der Waals surface area contributed by atoms with Crippen molar-refractivity contribution in [1.82, 2.24) is 0 Å². The highest BCUT2D eigenvalue weighted by atomic mass is 32.2. The van der Waals surface area contributed by atoms with Gasteiger partial charge in [0.25, 0.3) is 0 Å². The molecular formula is C7H16N2O2S. The van der Waals surface area contributed by atoms with Crippen LogP contribution in [0.1, 0.15) is 13.3 Å². The largest absolute Gasteiger partial charge is 0.396 e. The Kier molecular flexibility index (Phi) is 6.14. The lowest BCUT2D eigenvalue weighted by atomic mass is 10.3. The van der Waals surface area contributed by atoms with Gasteiger partial charge in [-0.25, -0.2) is 0 Å². The quantitative estimate of drug-likeness (QED) is 0.519. The summed E-state index contributed by atoms with van der Waals surface area (Å²) in [5.41, 5.74) is 10.4. The van der Waals surface area contributed by atoms with Crippen molar-refractivity contribution in [2.45, 2.75) is 24.6 Å². The molecule has 0 spiro atoms. The summed E-state index contributed by atoms with van der Waals surface area (Å²) in [5, 5.41) is 8.89. The molecule has 0 rings (SSSR count). The normalized spacial score (nSPS) is 15.6. The number of aliphatic hydroxyl groups is 1. The molecular weight excluding hydrogens is 176 g/mol. The molecule has 0 saturated heterocycles. The van der Waals surface area contributed by atoms with E-state index in [1.807, 2.05) is 6.92 Å². The summed E-state index contributed by atoms with van der Waals surface area (Å²) in [7, 11) is 0. The van der Waals surface area contributed by atoms with Crippen LogP contribution < -0.4 is 11.5 Å². The molecule has 2 unspecified atom stereocenters. The van der Waals surface area contributed by atoms with Gasteiger partial charge in [-0.15, -0.1) is 0 Å². The maximum absolute atomic E-state index is 10.5. The lowest BCUT2D eigenvalue weighted by Gasteiger charge is -2.11. The van der Waals surface area contributed by atoms with Gasteiger partial charge >= 0.3 is 0 Å². The first-order valence-electron chi connectivity index (χ1n) is 3.85. The number of carbonyl (C=O) groups is 1. The number of primary amides is 1. The zero-order valence-electron chi connectivity index (χ0n) is 7.19. The van der Waals surface area contributed by atoms with Crippen molar-refractivity contribution in [2.75, 3.05) is 12.4 Å². The molecule has 5 N–H and O–H groups in total. The van der Waals surface area contributed by atoms with Crippen molar-refractivity contribution in [1.29, 1.82) is 0 Å². The Morgan fingerprint density at radius 1 is 1.67 bits per heavy atom. The van der Waals surface area contributed by atoms with Crippen molar-refractivity contribution in [3.05, 3.63) is 0 Å². The fourth-order valence-electron chi connectivity index (χ4n) is 0.615. The molecule has 72 valence electrons. The summed E-state index contributed by atoms with van der Waals surface area (Å²) in [6.07, 6.45) is 0.718. The summed E-state index contributed by atoms with van der Waals surface area (Å²) in [5.74, 6) is 0.0509. The molecule has 4 nitrogen and oxygen atoms in total. The number of nitrogens with two attached hydrogens (primary N) is 2. The van der Waals surface area contributed by atoms with E-state index in [2.05, 4.69) is 0 Å². The SMILES string of the molecule is CC(CCO)SCC(N)C(N)=O. The van der Waals surface area contributed by atoms with Gasteiger partial charge in [0.05, 0.1) is 6.04 Å². The Morgan fingerprint density at radius 2 is 2.25 bits per heavy atom. The van der Waals surface area contributed by atoms with E-state index < -0.39 is 11.9 Å². The molecule has 0 radical (unpaired) electrons. The summed E-state index contributed by atoms with van der Waals surface area (Å²) < 4.78 is 0. The van der Waals surface area contributed by atoms with E-state index in [0.717, 1.165) is 6.42 Å². The minimum absolute atomic E-state index is 0.167. The van der Waals surface area contributed by atoms with Gasteiger partial charge in [-0.3, -0.25) is 4.79 Å². The van der Waals surface area contributed by atoms with Crippen LogP contribution in [0, 0.1) is 0 Å². The first-order chi connectivity index (χ1) is 5.57. The van der Waals surface area contributed by atoms with Crippen LogP contribution in [0.3, 0.4) is 0 Å². The third-order valence-corrected chi connectivity index (χ3v) is 2.82. The maximum Gasteiger partial charge on any atom is 0.235 e. The second-order valence-corrected chi connectivity index (χ2v) is 4.14. The summed E-state index contributed by atoms with van der Waals surface area (Å²) in [6.45, 7) is 2.15. The fourth-order valence-corrected chi connectivity index (χ4v) is 1.59. The molecule has 0 fully saturated rings. The zero-order chi connectivity index (χ0) is 9.56. The van der Waals surface area contributed by atoms with Gasteiger partial charge < -0.3 is 16.6 Å². The first kappa shape index (κ1) is 11.7. The van der Waals surface area contributed by atoms with Crippen molar-refractivity contribution in [3.63, 3.8) is 0 Å².